The van der Waals surface area contributed by atoms with Gasteiger partial charge >= 0.3 is 0 Å². The van der Waals surface area contributed by atoms with Crippen molar-refractivity contribution in [1.82, 2.24) is 4.90 Å². The largest absolute Gasteiger partial charge is 0.396 e. The topological polar surface area (TPSA) is 108 Å². The molecule has 110 valence electrons. The Bertz CT molecular complexity index is 520. The maximum absolute atomic E-state index is 11.2. The molecule has 0 saturated carbocycles. The van der Waals surface area contributed by atoms with Crippen molar-refractivity contribution in [1.29, 1.82) is 5.26 Å². The molecule has 0 aliphatic carbocycles. The fourth-order valence-electron chi connectivity index (χ4n) is 1.74. The van der Waals surface area contributed by atoms with Gasteiger partial charge in [0.05, 0.1) is 5.69 Å². The van der Waals surface area contributed by atoms with Gasteiger partial charge in [-0.3, -0.25) is 4.79 Å². The van der Waals surface area contributed by atoms with Gasteiger partial charge in [-0.1, -0.05) is 6.92 Å². The second-order valence-corrected chi connectivity index (χ2v) is 5.71. The van der Waals surface area contributed by atoms with Crippen molar-refractivity contribution in [2.75, 3.05) is 31.2 Å². The van der Waals surface area contributed by atoms with E-state index in [9.17, 15) is 4.79 Å². The molecule has 0 saturated heterocycles. The lowest BCUT2D eigenvalue weighted by Gasteiger charge is -2.23. The number of carbonyl (C=O) groups excluding carboxylic acids is 1. The van der Waals surface area contributed by atoms with Crippen molar-refractivity contribution in [2.24, 2.45) is 5.73 Å². The monoisotopic (exact) mass is 295 g/mol. The summed E-state index contributed by atoms with van der Waals surface area (Å²) in [4.78, 5) is 13.7. The summed E-state index contributed by atoms with van der Waals surface area (Å²) >= 11 is 1.13. The fourth-order valence-corrected chi connectivity index (χ4v) is 2.69. The van der Waals surface area contributed by atoms with Crippen LogP contribution in [0.25, 0.3) is 0 Å². The van der Waals surface area contributed by atoms with E-state index in [1.807, 2.05) is 6.07 Å². The number of nitrogens with zero attached hydrogens (tertiary/aromatic N) is 2. The third kappa shape index (κ3) is 3.62. The Kier molecular flexibility index (Phi) is 5.80. The second-order valence-electron chi connectivity index (χ2n) is 4.69. The lowest BCUT2D eigenvalue weighted by atomic mass is 10.2. The van der Waals surface area contributed by atoms with Gasteiger partial charge in [0, 0.05) is 19.1 Å². The van der Waals surface area contributed by atoms with Gasteiger partial charge < -0.3 is 21.7 Å². The molecule has 5 N–H and O–H groups in total. The molecule has 6 nitrogen and oxygen atoms in total. The minimum absolute atomic E-state index is 0.169. The Balaban J connectivity index is 2.72. The summed E-state index contributed by atoms with van der Waals surface area (Å²) in [5.74, 6) is -0.603. The van der Waals surface area contributed by atoms with E-state index in [0.717, 1.165) is 24.3 Å². The lowest BCUT2D eigenvalue weighted by Crippen LogP contribution is -2.32. The van der Waals surface area contributed by atoms with Crippen LogP contribution in [0.5, 0.6) is 0 Å². The molecule has 20 heavy (non-hydrogen) atoms. The molecule has 1 aromatic heterocycles. The van der Waals surface area contributed by atoms with Gasteiger partial charge in [0.25, 0.3) is 5.91 Å². The van der Waals surface area contributed by atoms with Crippen LogP contribution in [0.2, 0.25) is 0 Å². The van der Waals surface area contributed by atoms with Crippen LogP contribution in [0.15, 0.2) is 0 Å². The first-order chi connectivity index (χ1) is 9.42. The highest BCUT2D eigenvalue weighted by Gasteiger charge is 2.19. The third-order valence-corrected chi connectivity index (χ3v) is 4.55. The molecule has 1 atom stereocenters. The van der Waals surface area contributed by atoms with Crippen LogP contribution in [0.3, 0.4) is 0 Å². The average molecular weight is 295 g/mol. The number of nitrogens with two attached hydrogens (primary N) is 2. The number of carbonyl (C=O) groups is 1. The van der Waals surface area contributed by atoms with Crippen LogP contribution in [-0.2, 0) is 0 Å². The first kappa shape index (κ1) is 16.3. The van der Waals surface area contributed by atoms with Gasteiger partial charge in [0.2, 0.25) is 0 Å². The molecule has 7 heteroatoms. The SMILES string of the molecule is CCC(C)N(C)CCNc1sc(C(N)=O)c(N)c1C#N. The van der Waals surface area contributed by atoms with Gasteiger partial charge in [-0.25, -0.2) is 0 Å². The molecule has 1 amide bonds. The van der Waals surface area contributed by atoms with Gasteiger partial charge in [0.1, 0.15) is 21.5 Å². The summed E-state index contributed by atoms with van der Waals surface area (Å²) in [5, 5.41) is 12.9. The third-order valence-electron chi connectivity index (χ3n) is 3.37. The maximum Gasteiger partial charge on any atom is 0.261 e. The van der Waals surface area contributed by atoms with Crippen LogP contribution in [-0.4, -0.2) is 37.0 Å². The van der Waals surface area contributed by atoms with Crippen LogP contribution in [0, 0.1) is 11.3 Å². The van der Waals surface area contributed by atoms with E-state index in [1.165, 1.54) is 0 Å². The molecule has 1 unspecified atom stereocenters. The summed E-state index contributed by atoms with van der Waals surface area (Å²) in [6.07, 6.45) is 1.08. The van der Waals surface area contributed by atoms with E-state index in [4.69, 9.17) is 16.7 Å². The molecule has 0 fully saturated rings. The van der Waals surface area contributed by atoms with Gasteiger partial charge in [-0.15, -0.1) is 11.3 Å². The fraction of sp³-hybridized carbons (Fsp3) is 0.538. The van der Waals surface area contributed by atoms with Crippen molar-refractivity contribution in [2.45, 2.75) is 26.3 Å². The van der Waals surface area contributed by atoms with E-state index < -0.39 is 5.91 Å². The molecule has 0 spiro atoms. The average Bonchev–Trinajstić information content (AvgIpc) is 2.74. The highest BCUT2D eigenvalue weighted by atomic mass is 32.1. The number of likely N-dealkylation sites (N-methyl/N-ethyl adjacent to an activating group) is 1. The molecule has 0 aliphatic rings. The molecule has 0 aliphatic heterocycles. The first-order valence-corrected chi connectivity index (χ1v) is 7.30. The zero-order valence-electron chi connectivity index (χ0n) is 12.1. The van der Waals surface area contributed by atoms with Crippen LogP contribution in [0.1, 0.15) is 35.5 Å². The number of nitrogen functional groups attached to an aromatic ring is 1. The molecule has 0 bridgehead atoms. The van der Waals surface area contributed by atoms with E-state index in [-0.39, 0.29) is 10.6 Å². The molecule has 1 aromatic rings. The number of nitrogens with one attached hydrogen (secondary N) is 1. The second kappa shape index (κ2) is 7.12. The highest BCUT2D eigenvalue weighted by molar-refractivity contribution is 7.18. The van der Waals surface area contributed by atoms with Crippen molar-refractivity contribution in [3.63, 3.8) is 0 Å². The minimum atomic E-state index is -0.603. The van der Waals surface area contributed by atoms with Crippen molar-refractivity contribution in [3.8, 4) is 6.07 Å². The van der Waals surface area contributed by atoms with Crippen LogP contribution >= 0.6 is 11.3 Å². The Morgan fingerprint density at radius 1 is 1.60 bits per heavy atom. The first-order valence-electron chi connectivity index (χ1n) is 6.48. The number of hydrogen-bond donors (Lipinski definition) is 3. The van der Waals surface area contributed by atoms with E-state index in [1.54, 1.807) is 0 Å². The number of rotatable bonds is 7. The van der Waals surface area contributed by atoms with Gasteiger partial charge in [0.15, 0.2) is 0 Å². The normalized spacial score (nSPS) is 12.2. The molecular weight excluding hydrogens is 274 g/mol. The van der Waals surface area contributed by atoms with E-state index >= 15 is 0 Å². The summed E-state index contributed by atoms with van der Waals surface area (Å²) in [7, 11) is 2.05. The Morgan fingerprint density at radius 2 is 2.25 bits per heavy atom. The lowest BCUT2D eigenvalue weighted by molar-refractivity contribution is 0.100. The van der Waals surface area contributed by atoms with Crippen molar-refractivity contribution in [3.05, 3.63) is 10.4 Å². The van der Waals surface area contributed by atoms with E-state index in [2.05, 4.69) is 31.1 Å². The predicted molar refractivity (Wildman–Crippen MR) is 82.8 cm³/mol. The quantitative estimate of drug-likeness (QED) is 0.705. The number of thiophene rings is 1. The van der Waals surface area contributed by atoms with Crippen molar-refractivity contribution >= 4 is 27.9 Å². The van der Waals surface area contributed by atoms with Gasteiger partial charge in [-0.2, -0.15) is 5.26 Å². The Hall–Kier alpha value is -1.78. The Morgan fingerprint density at radius 3 is 2.75 bits per heavy atom. The molecule has 0 radical (unpaired) electrons. The Labute approximate surface area is 123 Å². The summed E-state index contributed by atoms with van der Waals surface area (Å²) < 4.78 is 0. The zero-order chi connectivity index (χ0) is 15.3. The summed E-state index contributed by atoms with van der Waals surface area (Å²) in [6.45, 7) is 5.81. The predicted octanol–water partition coefficient (Wildman–Crippen LogP) is 1.44. The highest BCUT2D eigenvalue weighted by Crippen LogP contribution is 2.34. The van der Waals surface area contributed by atoms with Crippen LogP contribution < -0.4 is 16.8 Å². The standard InChI is InChI=1S/C13H21N5OS/c1-4-8(2)18(3)6-5-17-13-9(7-14)10(15)11(20-13)12(16)19/h8,17H,4-6,15H2,1-3H3,(H2,16,19). The summed E-state index contributed by atoms with van der Waals surface area (Å²) in [6, 6.07) is 2.51. The smallest absolute Gasteiger partial charge is 0.261 e. The van der Waals surface area contributed by atoms with Gasteiger partial charge in [-0.05, 0) is 20.4 Å². The molecule has 0 aromatic carbocycles. The maximum atomic E-state index is 11.2. The van der Waals surface area contributed by atoms with Crippen molar-refractivity contribution < 1.29 is 4.79 Å². The zero-order valence-corrected chi connectivity index (χ0v) is 12.9. The molecular formula is C13H21N5OS. The number of primary amides is 1. The molecule has 1 rings (SSSR count). The summed E-state index contributed by atoms with van der Waals surface area (Å²) in [5.41, 5.74) is 11.5. The number of hydrogen-bond acceptors (Lipinski definition) is 6. The van der Waals surface area contributed by atoms with Crippen LogP contribution in [0.4, 0.5) is 10.7 Å². The number of anilines is 2. The number of nitriles is 1. The number of amides is 1. The molecule has 1 heterocycles. The van der Waals surface area contributed by atoms with E-state index in [0.29, 0.717) is 23.2 Å². The minimum Gasteiger partial charge on any atom is -0.396 e.